The molecule has 0 fully saturated rings. The molecule has 5 N–H and O–H groups in total. The molecule has 1 unspecified atom stereocenters. The molecule has 9 nitrogen and oxygen atoms in total. The quantitative estimate of drug-likeness (QED) is 0.192. The molecule has 0 radical (unpaired) electrons. The number of ketones is 1. The normalized spacial score (nSPS) is 17.6. The van der Waals surface area contributed by atoms with Gasteiger partial charge < -0.3 is 15.8 Å². The van der Waals surface area contributed by atoms with Gasteiger partial charge in [0.1, 0.15) is 5.54 Å². The minimum absolute atomic E-state index is 0.193. The van der Waals surface area contributed by atoms with Crippen molar-refractivity contribution in [2.45, 2.75) is 18.4 Å². The molecule has 4 rings (SSSR count). The monoisotopic (exact) mass is 485 g/mol. The summed E-state index contributed by atoms with van der Waals surface area (Å²) >= 11 is 0. The Bertz CT molecular complexity index is 1290. The molecule has 184 valence electrons. The molecule has 3 aromatic carbocycles. The summed E-state index contributed by atoms with van der Waals surface area (Å²) in [7, 11) is 0. The van der Waals surface area contributed by atoms with E-state index in [9.17, 15) is 19.5 Å². The molecule has 1 amide bonds. The maximum atomic E-state index is 14.0. The number of nitrogens with zero attached hydrogens (tertiary/aromatic N) is 3. The Labute approximate surface area is 208 Å². The summed E-state index contributed by atoms with van der Waals surface area (Å²) in [6.45, 7) is 0.0898. The summed E-state index contributed by atoms with van der Waals surface area (Å²) in [5.74, 6) is 9.74. The van der Waals surface area contributed by atoms with Crippen molar-refractivity contribution >= 4 is 29.6 Å². The van der Waals surface area contributed by atoms with Crippen molar-refractivity contribution in [1.29, 1.82) is 0 Å². The molecule has 1 atom stereocenters. The molecule has 1 heterocycles. The van der Waals surface area contributed by atoms with Crippen molar-refractivity contribution in [2.24, 2.45) is 16.8 Å². The van der Waals surface area contributed by atoms with E-state index >= 15 is 0 Å². The number of benzene rings is 3. The minimum atomic E-state index is -1.74. The molecule has 9 heteroatoms. The van der Waals surface area contributed by atoms with Crippen LogP contribution >= 0.6 is 0 Å². The van der Waals surface area contributed by atoms with E-state index in [4.69, 9.17) is 11.7 Å². The van der Waals surface area contributed by atoms with Gasteiger partial charge in [-0.1, -0.05) is 66.7 Å². The molecule has 1 aliphatic heterocycles. The molecule has 0 aromatic heterocycles. The number of hydrogen-bond acceptors (Lipinski definition) is 7. The molecule has 0 saturated carbocycles. The van der Waals surface area contributed by atoms with Gasteiger partial charge in [0.05, 0.1) is 30.4 Å². The lowest BCUT2D eigenvalue weighted by molar-refractivity contribution is -0.138. The Morgan fingerprint density at radius 3 is 2.33 bits per heavy atom. The van der Waals surface area contributed by atoms with E-state index in [1.165, 1.54) is 11.1 Å². The number of Topliss-reactive ketones (excluding diaryl/α,β-unsaturated/α-hetero) is 1. The Kier molecular flexibility index (Phi) is 7.12. The van der Waals surface area contributed by atoms with Gasteiger partial charge in [-0.2, -0.15) is 5.10 Å². The fourth-order valence-corrected chi connectivity index (χ4v) is 4.55. The molecule has 3 aromatic rings. The number of anilines is 1. The van der Waals surface area contributed by atoms with E-state index in [0.717, 1.165) is 10.6 Å². The smallest absolute Gasteiger partial charge is 0.306 e. The summed E-state index contributed by atoms with van der Waals surface area (Å²) in [4.78, 5) is 41.3. The van der Waals surface area contributed by atoms with Gasteiger partial charge in [-0.25, -0.2) is 5.84 Å². The number of hydrazine groups is 1. The third-order valence-corrected chi connectivity index (χ3v) is 6.37. The molecular formula is C27H27N5O4. The van der Waals surface area contributed by atoms with Crippen LogP contribution < -0.4 is 16.7 Å². The number of carbonyl (C=O) groups is 3. The average Bonchev–Trinajstić information content (AvgIpc) is 2.98. The molecule has 36 heavy (non-hydrogen) atoms. The molecule has 0 aliphatic carbocycles. The number of hydrazone groups is 1. The van der Waals surface area contributed by atoms with E-state index in [1.54, 1.807) is 48.5 Å². The van der Waals surface area contributed by atoms with Crippen LogP contribution in [0.25, 0.3) is 0 Å². The Morgan fingerprint density at radius 1 is 1.00 bits per heavy atom. The van der Waals surface area contributed by atoms with Crippen molar-refractivity contribution in [3.63, 3.8) is 0 Å². The maximum absolute atomic E-state index is 14.0. The van der Waals surface area contributed by atoms with Gasteiger partial charge in [-0.15, -0.1) is 0 Å². The first-order valence-electron chi connectivity index (χ1n) is 11.4. The van der Waals surface area contributed by atoms with Crippen LogP contribution in [0.1, 0.15) is 38.3 Å². The number of hydrogen-bond donors (Lipinski definition) is 3. The lowest BCUT2D eigenvalue weighted by Gasteiger charge is -2.41. The summed E-state index contributed by atoms with van der Waals surface area (Å²) in [6.07, 6.45) is 1.37. The van der Waals surface area contributed by atoms with Crippen LogP contribution in [0.15, 0.2) is 84.0 Å². The number of fused-ring (bicyclic) bond motifs is 1. The van der Waals surface area contributed by atoms with Crippen molar-refractivity contribution in [1.82, 2.24) is 4.90 Å². The topological polar surface area (TPSA) is 142 Å². The average molecular weight is 486 g/mol. The van der Waals surface area contributed by atoms with Crippen LogP contribution in [0.3, 0.4) is 0 Å². The molecular weight excluding hydrogens is 458 g/mol. The second-order valence-electron chi connectivity index (χ2n) is 8.68. The summed E-state index contributed by atoms with van der Waals surface area (Å²) in [5, 5.41) is 14.5. The Hall–Kier alpha value is -4.50. The lowest BCUT2D eigenvalue weighted by atomic mass is 9.84. The maximum Gasteiger partial charge on any atom is 0.306 e. The first-order valence-corrected chi connectivity index (χ1v) is 11.4. The van der Waals surface area contributed by atoms with Crippen LogP contribution in [0, 0.1) is 0 Å². The van der Waals surface area contributed by atoms with Gasteiger partial charge in [0.15, 0.2) is 5.78 Å². The standard InChI is InChI=1S/C27H27N5O4/c28-30-17-20-10-12-21(13-11-20)25(35)27(16-24(33)34)18-31(15-14-19-6-2-1-3-7-19)26(36)22-8-4-5-9-23(22)32(27)29/h1-13,17H,14-16,18,28-29H2,(H,33,34). The van der Waals surface area contributed by atoms with Crippen LogP contribution in [-0.4, -0.2) is 52.5 Å². The predicted octanol–water partition coefficient (Wildman–Crippen LogP) is 2.45. The predicted molar refractivity (Wildman–Crippen MR) is 137 cm³/mol. The van der Waals surface area contributed by atoms with Crippen molar-refractivity contribution < 1.29 is 19.5 Å². The minimum Gasteiger partial charge on any atom is -0.481 e. The van der Waals surface area contributed by atoms with Crippen LogP contribution in [-0.2, 0) is 11.2 Å². The lowest BCUT2D eigenvalue weighted by Crippen LogP contribution is -2.64. The van der Waals surface area contributed by atoms with Crippen molar-refractivity contribution in [2.75, 3.05) is 18.1 Å². The van der Waals surface area contributed by atoms with Gasteiger partial charge in [-0.05, 0) is 29.7 Å². The fourth-order valence-electron chi connectivity index (χ4n) is 4.55. The van der Waals surface area contributed by atoms with Crippen LogP contribution in [0.4, 0.5) is 5.69 Å². The highest BCUT2D eigenvalue weighted by Gasteiger charge is 2.50. The zero-order chi connectivity index (χ0) is 25.7. The molecule has 0 spiro atoms. The number of amides is 1. The largest absolute Gasteiger partial charge is 0.481 e. The van der Waals surface area contributed by atoms with Crippen LogP contribution in [0.5, 0.6) is 0 Å². The molecule has 0 saturated heterocycles. The Balaban J connectivity index is 1.80. The molecule has 0 bridgehead atoms. The van der Waals surface area contributed by atoms with Crippen LogP contribution in [0.2, 0.25) is 0 Å². The highest BCUT2D eigenvalue weighted by Crippen LogP contribution is 2.35. The summed E-state index contributed by atoms with van der Waals surface area (Å²) < 4.78 is 0. The molecule has 1 aliphatic rings. The van der Waals surface area contributed by atoms with E-state index in [1.807, 2.05) is 30.3 Å². The zero-order valence-corrected chi connectivity index (χ0v) is 19.6. The SMILES string of the molecule is NN=Cc1ccc(C(=O)C2(CC(=O)O)CN(CCc3ccccc3)C(=O)c3ccccc3N2N)cc1. The fraction of sp³-hybridized carbons (Fsp3) is 0.185. The Morgan fingerprint density at radius 2 is 1.67 bits per heavy atom. The second-order valence-corrected chi connectivity index (χ2v) is 8.68. The highest BCUT2D eigenvalue weighted by atomic mass is 16.4. The number of aliphatic carboxylic acids is 1. The van der Waals surface area contributed by atoms with Crippen molar-refractivity contribution in [3.05, 3.63) is 101 Å². The second kappa shape index (κ2) is 10.4. The number of rotatable bonds is 8. The number of carboxylic acids is 1. The van der Waals surface area contributed by atoms with Gasteiger partial charge in [0, 0.05) is 12.1 Å². The van der Waals surface area contributed by atoms with Gasteiger partial charge >= 0.3 is 5.97 Å². The van der Waals surface area contributed by atoms with Crippen molar-refractivity contribution in [3.8, 4) is 0 Å². The first kappa shape index (κ1) is 24.6. The van der Waals surface area contributed by atoms with E-state index in [-0.39, 0.29) is 24.6 Å². The van der Waals surface area contributed by atoms with Gasteiger partial charge in [0.25, 0.3) is 5.91 Å². The summed E-state index contributed by atoms with van der Waals surface area (Å²) in [6, 6.07) is 22.8. The zero-order valence-electron chi connectivity index (χ0n) is 19.6. The van der Waals surface area contributed by atoms with Gasteiger partial charge in [-0.3, -0.25) is 19.4 Å². The van der Waals surface area contributed by atoms with E-state index < -0.39 is 23.7 Å². The third kappa shape index (κ3) is 4.82. The number of carboxylic acid groups (broad SMARTS) is 1. The van der Waals surface area contributed by atoms with Gasteiger partial charge in [0.2, 0.25) is 0 Å². The number of para-hydroxylation sites is 1. The third-order valence-electron chi connectivity index (χ3n) is 6.37. The van der Waals surface area contributed by atoms with E-state index in [0.29, 0.717) is 23.2 Å². The number of nitrogens with two attached hydrogens (primary N) is 2. The van der Waals surface area contributed by atoms with E-state index in [2.05, 4.69) is 5.10 Å². The first-order chi connectivity index (χ1) is 17.4. The summed E-state index contributed by atoms with van der Waals surface area (Å²) in [5.41, 5.74) is 0.815. The number of carbonyl (C=O) groups excluding carboxylic acids is 2. The highest BCUT2D eigenvalue weighted by molar-refractivity contribution is 6.10.